The molecule has 0 spiro atoms. The van der Waals surface area contributed by atoms with Crippen molar-refractivity contribution in [1.29, 1.82) is 0 Å². The van der Waals surface area contributed by atoms with Crippen molar-refractivity contribution in [3.8, 4) is 0 Å². The Morgan fingerprint density at radius 3 is 2.12 bits per heavy atom. The minimum atomic E-state index is -4.51. The molecule has 1 aliphatic rings. The van der Waals surface area contributed by atoms with Crippen molar-refractivity contribution in [1.82, 2.24) is 4.57 Å². The van der Waals surface area contributed by atoms with Crippen molar-refractivity contribution in [3.63, 3.8) is 0 Å². The van der Waals surface area contributed by atoms with Crippen LogP contribution in [0, 0.1) is 0 Å². The minimum absolute atomic E-state index is 0.0527. The molecule has 0 saturated carbocycles. The van der Waals surface area contributed by atoms with Crippen LogP contribution in [0.5, 0.6) is 0 Å². The number of aromatic nitrogens is 1. The quantitative estimate of drug-likeness (QED) is 0.0789. The van der Waals surface area contributed by atoms with E-state index in [-0.39, 0.29) is 29.2 Å². The highest BCUT2D eigenvalue weighted by molar-refractivity contribution is 7.86. The Bertz CT molecular complexity index is 3140. The second-order valence-electron chi connectivity index (χ2n) is 13.9. The Morgan fingerprint density at radius 1 is 0.831 bits per heavy atom. The summed E-state index contributed by atoms with van der Waals surface area (Å²) in [6, 6.07) is 16.1. The number of aryl methyl sites for hydroxylation is 1. The number of fused-ring (bicyclic) bond motifs is 3. The minimum Gasteiger partial charge on any atom is -0.748 e. The molecule has 312 valence electrons. The van der Waals surface area contributed by atoms with Gasteiger partial charge in [0.25, 0.3) is 20.2 Å². The van der Waals surface area contributed by atoms with Gasteiger partial charge in [0.1, 0.15) is 11.4 Å². The summed E-state index contributed by atoms with van der Waals surface area (Å²) < 4.78 is 131. The van der Waals surface area contributed by atoms with Crippen molar-refractivity contribution >= 4 is 96.9 Å². The largest absolute Gasteiger partial charge is 0.748 e. The monoisotopic (exact) mass is 886 g/mol. The fourth-order valence-electron chi connectivity index (χ4n) is 7.46. The molecule has 3 N–H and O–H groups in total. The van der Waals surface area contributed by atoms with Gasteiger partial charge >= 0.3 is 16.6 Å². The molecule has 59 heavy (non-hydrogen) atoms. The molecule has 0 saturated heterocycles. The van der Waals surface area contributed by atoms with E-state index in [4.69, 9.17) is 12.6 Å². The van der Waals surface area contributed by atoms with Crippen molar-refractivity contribution in [2.45, 2.75) is 54.9 Å². The van der Waals surface area contributed by atoms with E-state index in [9.17, 15) is 48.8 Å². The van der Waals surface area contributed by atoms with Gasteiger partial charge in [0.2, 0.25) is 5.69 Å². The smallest absolute Gasteiger partial charge is 0.425 e. The Balaban J connectivity index is 0.00000158. The number of carbonyl (C=O) groups is 1. The molecular formula is C39H38N2O14S4. The molecule has 0 bridgehead atoms. The van der Waals surface area contributed by atoms with Crippen LogP contribution in [-0.4, -0.2) is 89.8 Å². The highest BCUT2D eigenvalue weighted by atomic mass is 32.2. The maximum Gasteiger partial charge on any atom is 0.425 e. The fraction of sp³-hybridized carbons (Fsp3) is 0.231. The molecular weight excluding hydrogens is 849 g/mol. The molecule has 0 fully saturated rings. The van der Waals surface area contributed by atoms with Crippen LogP contribution in [-0.2, 0) is 57.7 Å². The van der Waals surface area contributed by atoms with Gasteiger partial charge in [-0.1, -0.05) is 54.6 Å². The average Bonchev–Trinajstić information content (AvgIpc) is 3.53. The van der Waals surface area contributed by atoms with Gasteiger partial charge in [-0.2, -0.15) is 21.4 Å². The van der Waals surface area contributed by atoms with Crippen LogP contribution >= 0.6 is 0 Å². The maximum atomic E-state index is 12.1. The molecule has 6 rings (SSSR count). The lowest BCUT2D eigenvalue weighted by Gasteiger charge is -2.18. The van der Waals surface area contributed by atoms with Crippen molar-refractivity contribution in [2.24, 2.45) is 0 Å². The molecule has 5 aromatic rings. The number of aliphatic carboxylic acids is 1. The topological polar surface area (TPSA) is 262 Å². The SMILES string of the molecule is CC1(C)C(/C=C/C=C/C=C/C=c2c3cccc4c(S(=O)(=O)O)ccc(c43)n2CCCC(=O)O)=[N+](CCCS(=O)(=O)[O-])c2ccc3ccc(S(=O)(=O)O)cc3c21.O=S(=O)=O. The summed E-state index contributed by atoms with van der Waals surface area (Å²) in [6.07, 6.45) is 12.9. The summed E-state index contributed by atoms with van der Waals surface area (Å²) in [5.74, 6) is -1.50. The van der Waals surface area contributed by atoms with E-state index < -0.39 is 58.1 Å². The summed E-state index contributed by atoms with van der Waals surface area (Å²) >= 11 is 0. The summed E-state index contributed by atoms with van der Waals surface area (Å²) in [5, 5.41) is 13.0. The lowest BCUT2D eigenvalue weighted by Crippen LogP contribution is -2.28. The van der Waals surface area contributed by atoms with Gasteiger partial charge in [-0.15, -0.1) is 12.6 Å². The number of carboxylic acid groups (broad SMARTS) is 1. The third kappa shape index (κ3) is 10.3. The second-order valence-corrected chi connectivity index (χ2v) is 18.7. The molecule has 2 heterocycles. The Labute approximate surface area is 341 Å². The first-order valence-electron chi connectivity index (χ1n) is 17.7. The predicted molar refractivity (Wildman–Crippen MR) is 219 cm³/mol. The number of carboxylic acids is 1. The molecule has 0 amide bonds. The van der Waals surface area contributed by atoms with Gasteiger partial charge < -0.3 is 14.2 Å². The third-order valence-electron chi connectivity index (χ3n) is 9.73. The second kappa shape index (κ2) is 17.5. The van der Waals surface area contributed by atoms with Crippen LogP contribution < -0.4 is 5.35 Å². The average molecular weight is 887 g/mol. The lowest BCUT2D eigenvalue weighted by atomic mass is 9.79. The van der Waals surface area contributed by atoms with E-state index in [0.29, 0.717) is 40.3 Å². The van der Waals surface area contributed by atoms with E-state index in [1.165, 1.54) is 18.2 Å². The number of allylic oxidation sites excluding steroid dienone is 6. The zero-order chi connectivity index (χ0) is 43.5. The van der Waals surface area contributed by atoms with Crippen molar-refractivity contribution in [3.05, 3.63) is 108 Å². The Morgan fingerprint density at radius 2 is 1.47 bits per heavy atom. The number of hydrogen-bond acceptors (Lipinski definition) is 11. The zero-order valence-corrected chi connectivity index (χ0v) is 34.7. The molecule has 1 aliphatic heterocycles. The summed E-state index contributed by atoms with van der Waals surface area (Å²) in [7, 11) is -16.6. The predicted octanol–water partition coefficient (Wildman–Crippen LogP) is 4.48. The molecule has 20 heteroatoms. The molecule has 4 aromatic carbocycles. The highest BCUT2D eigenvalue weighted by Gasteiger charge is 2.45. The van der Waals surface area contributed by atoms with Crippen LogP contribution in [0.4, 0.5) is 5.69 Å². The third-order valence-corrected chi connectivity index (χ3v) is 12.3. The van der Waals surface area contributed by atoms with E-state index in [1.807, 2.05) is 53.3 Å². The molecule has 1 aromatic heterocycles. The number of benzene rings is 4. The fourth-order valence-corrected chi connectivity index (χ4v) is 9.14. The number of nitrogens with zero attached hydrogens (tertiary/aromatic N) is 2. The van der Waals surface area contributed by atoms with E-state index in [0.717, 1.165) is 27.4 Å². The van der Waals surface area contributed by atoms with E-state index in [2.05, 4.69) is 0 Å². The lowest BCUT2D eigenvalue weighted by molar-refractivity contribution is -0.437. The number of hydrogen-bond donors (Lipinski definition) is 3. The molecule has 0 radical (unpaired) electrons. The maximum absolute atomic E-state index is 12.1. The van der Waals surface area contributed by atoms with Gasteiger partial charge in [-0.25, -0.2) is 8.42 Å². The van der Waals surface area contributed by atoms with Gasteiger partial charge in [0, 0.05) is 69.9 Å². The first-order chi connectivity index (χ1) is 27.5. The first-order valence-corrected chi connectivity index (χ1v) is 23.1. The van der Waals surface area contributed by atoms with Gasteiger partial charge in [-0.05, 0) is 67.4 Å². The van der Waals surface area contributed by atoms with E-state index in [1.54, 1.807) is 54.6 Å². The molecule has 0 aliphatic carbocycles. The van der Waals surface area contributed by atoms with Crippen LogP contribution in [0.1, 0.15) is 38.7 Å². The van der Waals surface area contributed by atoms with Gasteiger partial charge in [-0.3, -0.25) is 13.9 Å². The molecule has 0 atom stereocenters. The van der Waals surface area contributed by atoms with Crippen LogP contribution in [0.2, 0.25) is 0 Å². The van der Waals surface area contributed by atoms with Crippen LogP contribution in [0.3, 0.4) is 0 Å². The Hall–Kier alpha value is -5.35. The van der Waals surface area contributed by atoms with Gasteiger partial charge in [0.15, 0.2) is 5.71 Å². The summed E-state index contributed by atoms with van der Waals surface area (Å²) in [4.78, 5) is 10.8. The van der Waals surface area contributed by atoms with Crippen LogP contribution in [0.15, 0.2) is 107 Å². The first kappa shape index (κ1) is 44.7. The Kier molecular flexibility index (Phi) is 13.3. The van der Waals surface area contributed by atoms with Crippen LogP contribution in [0.25, 0.3) is 38.5 Å². The summed E-state index contributed by atoms with van der Waals surface area (Å²) in [5.41, 5.74) is 2.24. The highest BCUT2D eigenvalue weighted by Crippen LogP contribution is 2.45. The van der Waals surface area contributed by atoms with E-state index >= 15 is 0 Å². The van der Waals surface area contributed by atoms with Gasteiger partial charge in [0.05, 0.1) is 20.4 Å². The molecule has 16 nitrogen and oxygen atoms in total. The molecule has 0 unspecified atom stereocenters. The normalized spacial score (nSPS) is 15.0. The van der Waals surface area contributed by atoms with Crippen molar-refractivity contribution in [2.75, 3.05) is 12.3 Å². The zero-order valence-electron chi connectivity index (χ0n) is 31.4. The standard InChI is InChI=1S/C39H38N2O11S3.O3S/c1-39(2)35(41(23-10-24-53(44,45)46)33-19-17-26-16-18-27(54(47,48)49)25-30(26)38(33)39)14-7-5-3-4-6-13-31-28-11-8-12-29-34(55(50,51)52)21-20-32(37(28)29)40(31)22-9-15-36(42)43;1-4(2)3/h3-8,11-14,16-21,25H,9-10,15,22-24H2,1-2H3,(H3-,42,43,44,45,46,47,48,49,50,51,52);. The summed E-state index contributed by atoms with van der Waals surface area (Å²) in [6.45, 7) is 4.45. The number of rotatable bonds is 14. The van der Waals surface area contributed by atoms with Crippen molar-refractivity contribution < 1.29 is 66.0 Å².